The van der Waals surface area contributed by atoms with Gasteiger partial charge in [-0.2, -0.15) is 0 Å². The Morgan fingerprint density at radius 3 is 2.68 bits per heavy atom. The van der Waals surface area contributed by atoms with E-state index in [0.29, 0.717) is 29.8 Å². The number of nitrogens with one attached hydrogen (secondary N) is 1. The molecule has 1 aromatic carbocycles. The van der Waals surface area contributed by atoms with Gasteiger partial charge >= 0.3 is 6.09 Å². The second-order valence-electron chi connectivity index (χ2n) is 5.55. The summed E-state index contributed by atoms with van der Waals surface area (Å²) in [5, 5.41) is 2.62. The molecule has 0 radical (unpaired) electrons. The Bertz CT molecular complexity index is 591. The Kier molecular flexibility index (Phi) is 6.46. The van der Waals surface area contributed by atoms with Crippen LogP contribution in [0.15, 0.2) is 18.2 Å². The summed E-state index contributed by atoms with van der Waals surface area (Å²) in [7, 11) is 1.55. The third kappa shape index (κ3) is 6.31. The summed E-state index contributed by atoms with van der Waals surface area (Å²) >= 11 is 0. The Labute approximate surface area is 131 Å². The van der Waals surface area contributed by atoms with Gasteiger partial charge in [-0.05, 0) is 39.0 Å². The molecule has 1 N–H and O–H groups in total. The van der Waals surface area contributed by atoms with Gasteiger partial charge in [-0.15, -0.1) is 0 Å². The zero-order valence-electron chi connectivity index (χ0n) is 13.4. The lowest BCUT2D eigenvalue weighted by molar-refractivity contribution is 0.0529. The van der Waals surface area contributed by atoms with Crippen LogP contribution in [0.5, 0.6) is 5.75 Å². The zero-order valence-corrected chi connectivity index (χ0v) is 13.4. The third-order valence-electron chi connectivity index (χ3n) is 2.53. The molecular weight excluding hydrogens is 282 g/mol. The van der Waals surface area contributed by atoms with Crippen molar-refractivity contribution in [3.05, 3.63) is 29.3 Å². The van der Waals surface area contributed by atoms with Gasteiger partial charge in [-0.3, -0.25) is 4.79 Å². The molecule has 1 rings (SSSR count). The van der Waals surface area contributed by atoms with Crippen molar-refractivity contribution in [2.75, 3.05) is 13.7 Å². The van der Waals surface area contributed by atoms with Crippen LogP contribution in [0.25, 0.3) is 0 Å². The van der Waals surface area contributed by atoms with Gasteiger partial charge in [0.2, 0.25) is 0 Å². The molecule has 1 amide bonds. The van der Waals surface area contributed by atoms with Crippen molar-refractivity contribution in [2.45, 2.75) is 32.8 Å². The first-order valence-electron chi connectivity index (χ1n) is 6.94. The van der Waals surface area contributed by atoms with E-state index in [1.807, 2.05) is 0 Å². The number of ether oxygens (including phenoxy) is 2. The van der Waals surface area contributed by atoms with Gasteiger partial charge in [0.25, 0.3) is 0 Å². The lowest BCUT2D eigenvalue weighted by atomic mass is 10.1. The minimum atomic E-state index is -0.519. The van der Waals surface area contributed by atoms with Gasteiger partial charge in [0, 0.05) is 24.1 Å². The number of benzene rings is 1. The Balaban J connectivity index is 2.54. The highest BCUT2D eigenvalue weighted by atomic mass is 16.6. The van der Waals surface area contributed by atoms with Gasteiger partial charge in [0.05, 0.1) is 7.11 Å². The number of hydrogen-bond donors (Lipinski definition) is 1. The first kappa shape index (κ1) is 17.6. The predicted octanol–water partition coefficient (Wildman–Crippen LogP) is 2.77. The highest BCUT2D eigenvalue weighted by Gasteiger charge is 2.15. The first-order chi connectivity index (χ1) is 10.4. The highest BCUT2D eigenvalue weighted by Crippen LogP contribution is 2.15. The number of amides is 1. The topological polar surface area (TPSA) is 64.6 Å². The van der Waals surface area contributed by atoms with E-state index in [2.05, 4.69) is 17.2 Å². The number of alkyl carbamates (subject to hydrolysis) is 1. The summed E-state index contributed by atoms with van der Waals surface area (Å²) in [6, 6.07) is 5.08. The van der Waals surface area contributed by atoms with E-state index < -0.39 is 11.7 Å². The van der Waals surface area contributed by atoms with Gasteiger partial charge in [0.15, 0.2) is 6.29 Å². The Hall–Kier alpha value is -2.48. The van der Waals surface area contributed by atoms with Crippen LogP contribution in [-0.4, -0.2) is 31.6 Å². The summed E-state index contributed by atoms with van der Waals surface area (Å²) in [5.41, 5.74) is 0.592. The van der Waals surface area contributed by atoms with E-state index in [9.17, 15) is 9.59 Å². The number of carbonyl (C=O) groups excluding carboxylic acids is 2. The molecule has 0 saturated carbocycles. The largest absolute Gasteiger partial charge is 0.497 e. The van der Waals surface area contributed by atoms with Crippen molar-refractivity contribution >= 4 is 12.4 Å². The number of carbonyl (C=O) groups is 2. The number of methoxy groups -OCH3 is 1. The van der Waals surface area contributed by atoms with Crippen molar-refractivity contribution in [2.24, 2.45) is 0 Å². The zero-order chi connectivity index (χ0) is 16.6. The molecular formula is C17H21NO4. The fourth-order valence-electron chi connectivity index (χ4n) is 1.57. The highest BCUT2D eigenvalue weighted by molar-refractivity contribution is 5.80. The molecule has 0 fully saturated rings. The van der Waals surface area contributed by atoms with Crippen molar-refractivity contribution in [1.82, 2.24) is 5.32 Å². The summed E-state index contributed by atoms with van der Waals surface area (Å²) in [5.74, 6) is 6.46. The van der Waals surface area contributed by atoms with E-state index in [1.165, 1.54) is 0 Å². The first-order valence-corrected chi connectivity index (χ1v) is 6.94. The molecule has 0 aliphatic heterocycles. The van der Waals surface area contributed by atoms with E-state index in [4.69, 9.17) is 9.47 Å². The van der Waals surface area contributed by atoms with Crippen LogP contribution in [0.4, 0.5) is 4.79 Å². The molecule has 0 aliphatic rings. The van der Waals surface area contributed by atoms with Crippen LogP contribution < -0.4 is 10.1 Å². The van der Waals surface area contributed by atoms with Crippen LogP contribution in [0.3, 0.4) is 0 Å². The molecule has 1 aromatic rings. The van der Waals surface area contributed by atoms with E-state index in [1.54, 1.807) is 46.1 Å². The normalized spacial score (nSPS) is 10.2. The van der Waals surface area contributed by atoms with Crippen LogP contribution in [0, 0.1) is 11.8 Å². The molecule has 0 atom stereocenters. The monoisotopic (exact) mass is 303 g/mol. The number of hydrogen-bond acceptors (Lipinski definition) is 4. The fraction of sp³-hybridized carbons (Fsp3) is 0.412. The Morgan fingerprint density at radius 2 is 2.09 bits per heavy atom. The third-order valence-corrected chi connectivity index (χ3v) is 2.53. The summed E-state index contributed by atoms with van der Waals surface area (Å²) in [6.45, 7) is 5.78. The van der Waals surface area contributed by atoms with E-state index in [-0.39, 0.29) is 0 Å². The van der Waals surface area contributed by atoms with Crippen molar-refractivity contribution in [1.29, 1.82) is 0 Å². The lowest BCUT2D eigenvalue weighted by Gasteiger charge is -2.19. The summed E-state index contributed by atoms with van der Waals surface area (Å²) < 4.78 is 10.2. The van der Waals surface area contributed by atoms with Crippen molar-refractivity contribution in [3.63, 3.8) is 0 Å². The van der Waals surface area contributed by atoms with Gasteiger partial charge < -0.3 is 14.8 Å². The van der Waals surface area contributed by atoms with Crippen LogP contribution in [0.2, 0.25) is 0 Å². The van der Waals surface area contributed by atoms with Gasteiger partial charge in [-0.25, -0.2) is 4.79 Å². The van der Waals surface area contributed by atoms with Gasteiger partial charge in [0.1, 0.15) is 11.4 Å². The summed E-state index contributed by atoms with van der Waals surface area (Å²) in [6.07, 6.45) is 0.737. The maximum Gasteiger partial charge on any atom is 0.407 e. The van der Waals surface area contributed by atoms with Crippen LogP contribution in [-0.2, 0) is 4.74 Å². The minimum absolute atomic E-state index is 0.377. The Morgan fingerprint density at radius 1 is 1.36 bits per heavy atom. The van der Waals surface area contributed by atoms with Crippen molar-refractivity contribution in [3.8, 4) is 17.6 Å². The second-order valence-corrected chi connectivity index (χ2v) is 5.55. The van der Waals surface area contributed by atoms with E-state index >= 15 is 0 Å². The molecule has 0 saturated heterocycles. The summed E-state index contributed by atoms with van der Waals surface area (Å²) in [4.78, 5) is 22.4. The average molecular weight is 303 g/mol. The maximum absolute atomic E-state index is 11.4. The van der Waals surface area contributed by atoms with E-state index in [0.717, 1.165) is 6.29 Å². The molecule has 0 bridgehead atoms. The number of aldehydes is 1. The molecule has 0 unspecified atom stereocenters. The molecule has 0 heterocycles. The van der Waals surface area contributed by atoms with Gasteiger partial charge in [-0.1, -0.05) is 11.8 Å². The van der Waals surface area contributed by atoms with Crippen LogP contribution in [0.1, 0.15) is 43.1 Å². The fourth-order valence-corrected chi connectivity index (χ4v) is 1.57. The molecule has 0 spiro atoms. The maximum atomic E-state index is 11.4. The quantitative estimate of drug-likeness (QED) is 0.528. The van der Waals surface area contributed by atoms with Crippen LogP contribution >= 0.6 is 0 Å². The number of rotatable bonds is 4. The second kappa shape index (κ2) is 8.08. The molecule has 22 heavy (non-hydrogen) atoms. The lowest BCUT2D eigenvalue weighted by Crippen LogP contribution is -2.32. The molecule has 5 heteroatoms. The van der Waals surface area contributed by atoms with Crippen molar-refractivity contribution < 1.29 is 19.1 Å². The minimum Gasteiger partial charge on any atom is -0.497 e. The molecule has 0 aliphatic carbocycles. The molecule has 118 valence electrons. The predicted molar refractivity (Wildman–Crippen MR) is 84.1 cm³/mol. The smallest absolute Gasteiger partial charge is 0.407 e. The molecule has 5 nitrogen and oxygen atoms in total. The SMILES string of the molecule is COc1ccc(C=O)c(C#CCCNC(=O)OC(C)(C)C)c1. The standard InChI is InChI=1S/C17H21NO4/c1-17(2,3)22-16(20)18-10-6-5-7-13-11-15(21-4)9-8-14(13)12-19/h8-9,11-12H,6,10H2,1-4H3,(H,18,20). The average Bonchev–Trinajstić information content (AvgIpc) is 2.44. The molecule has 0 aromatic heterocycles.